The number of ether oxygens (including phenoxy) is 1. The standard InChI is InChI=1S/C23H24N2O4S/c1-2-14-7-9-15(10-8-14)17(26)13-29-20(27)12-11-19-24-22(28)21-16-5-3-4-6-18(16)30-23(21)25-19/h7-10H,2-6,11-13H2,1H3,(H,24,25,28). The molecule has 0 amide bonds. The summed E-state index contributed by atoms with van der Waals surface area (Å²) in [6.45, 7) is 1.76. The highest BCUT2D eigenvalue weighted by molar-refractivity contribution is 7.18. The summed E-state index contributed by atoms with van der Waals surface area (Å²) in [5.41, 5.74) is 2.69. The van der Waals surface area contributed by atoms with E-state index in [9.17, 15) is 14.4 Å². The highest BCUT2D eigenvalue weighted by Crippen LogP contribution is 2.33. The summed E-state index contributed by atoms with van der Waals surface area (Å²) in [4.78, 5) is 46.2. The molecule has 0 spiro atoms. The van der Waals surface area contributed by atoms with Gasteiger partial charge in [-0.1, -0.05) is 31.2 Å². The van der Waals surface area contributed by atoms with Gasteiger partial charge >= 0.3 is 5.97 Å². The number of ketones is 1. The van der Waals surface area contributed by atoms with Crippen molar-refractivity contribution in [2.45, 2.75) is 51.9 Å². The Hall–Kier alpha value is -2.80. The predicted octanol–water partition coefficient (Wildman–Crippen LogP) is 3.78. The fraction of sp³-hybridized carbons (Fsp3) is 0.391. The maximum absolute atomic E-state index is 12.5. The lowest BCUT2D eigenvalue weighted by molar-refractivity contribution is -0.142. The van der Waals surface area contributed by atoms with Crippen molar-refractivity contribution in [2.24, 2.45) is 0 Å². The summed E-state index contributed by atoms with van der Waals surface area (Å²) in [7, 11) is 0. The number of esters is 1. The zero-order valence-electron chi connectivity index (χ0n) is 17.0. The van der Waals surface area contributed by atoms with Crippen LogP contribution in [0.2, 0.25) is 0 Å². The van der Waals surface area contributed by atoms with Gasteiger partial charge in [-0.3, -0.25) is 14.4 Å². The van der Waals surface area contributed by atoms with E-state index in [2.05, 4.69) is 9.97 Å². The number of H-pyrrole nitrogens is 1. The van der Waals surface area contributed by atoms with E-state index in [1.807, 2.05) is 19.1 Å². The van der Waals surface area contributed by atoms with Gasteiger partial charge in [0.15, 0.2) is 12.4 Å². The first-order chi connectivity index (χ1) is 14.5. The monoisotopic (exact) mass is 424 g/mol. The molecule has 1 N–H and O–H groups in total. The summed E-state index contributed by atoms with van der Waals surface area (Å²) in [5.74, 6) is -0.241. The van der Waals surface area contributed by atoms with Gasteiger partial charge in [0, 0.05) is 16.9 Å². The van der Waals surface area contributed by atoms with Crippen LogP contribution in [0.3, 0.4) is 0 Å². The lowest BCUT2D eigenvalue weighted by Gasteiger charge is -2.09. The van der Waals surface area contributed by atoms with Gasteiger partial charge in [-0.05, 0) is 43.2 Å². The molecule has 156 valence electrons. The predicted molar refractivity (Wildman–Crippen MR) is 116 cm³/mol. The van der Waals surface area contributed by atoms with Gasteiger partial charge in [-0.15, -0.1) is 11.3 Å². The lowest BCUT2D eigenvalue weighted by Crippen LogP contribution is -2.17. The topological polar surface area (TPSA) is 89.1 Å². The van der Waals surface area contributed by atoms with Gasteiger partial charge in [0.2, 0.25) is 0 Å². The van der Waals surface area contributed by atoms with Crippen LogP contribution < -0.4 is 5.56 Å². The SMILES string of the molecule is CCc1ccc(C(=O)COC(=O)CCc2nc3sc4c(c3c(=O)[nH]2)CCCC4)cc1. The second kappa shape index (κ2) is 8.92. The number of aromatic amines is 1. The summed E-state index contributed by atoms with van der Waals surface area (Å²) < 4.78 is 5.11. The Labute approximate surface area is 178 Å². The van der Waals surface area contributed by atoms with Crippen molar-refractivity contribution >= 4 is 33.3 Å². The molecule has 0 bridgehead atoms. The van der Waals surface area contributed by atoms with Crippen molar-refractivity contribution in [2.75, 3.05) is 6.61 Å². The summed E-state index contributed by atoms with van der Waals surface area (Å²) in [5, 5.41) is 0.709. The number of Topliss-reactive ketones (excluding diaryl/α,β-unsaturated/α-hetero) is 1. The number of aromatic nitrogens is 2. The van der Waals surface area contributed by atoms with Crippen molar-refractivity contribution in [3.8, 4) is 0 Å². The van der Waals surface area contributed by atoms with Crippen LogP contribution in [-0.4, -0.2) is 28.3 Å². The molecular formula is C23H24N2O4S. The average Bonchev–Trinajstić information content (AvgIpc) is 3.15. The smallest absolute Gasteiger partial charge is 0.306 e. The van der Waals surface area contributed by atoms with E-state index in [0.717, 1.165) is 48.1 Å². The number of benzene rings is 1. The van der Waals surface area contributed by atoms with Crippen LogP contribution in [0, 0.1) is 0 Å². The summed E-state index contributed by atoms with van der Waals surface area (Å²) in [6.07, 6.45) is 5.42. The van der Waals surface area contributed by atoms with Crippen molar-refractivity contribution in [3.05, 3.63) is 62.0 Å². The lowest BCUT2D eigenvalue weighted by atomic mass is 9.97. The number of fused-ring (bicyclic) bond motifs is 3. The highest BCUT2D eigenvalue weighted by Gasteiger charge is 2.20. The molecule has 7 heteroatoms. The van der Waals surface area contributed by atoms with Crippen molar-refractivity contribution < 1.29 is 14.3 Å². The van der Waals surface area contributed by atoms with Gasteiger partial charge in [0.25, 0.3) is 5.56 Å². The zero-order chi connectivity index (χ0) is 21.1. The number of rotatable bonds is 7. The fourth-order valence-electron chi connectivity index (χ4n) is 3.78. The van der Waals surface area contributed by atoms with Gasteiger partial charge < -0.3 is 9.72 Å². The van der Waals surface area contributed by atoms with Crippen LogP contribution in [-0.2, 0) is 35.2 Å². The molecule has 0 unspecified atom stereocenters. The number of carbonyl (C=O) groups is 2. The number of nitrogens with zero attached hydrogens (tertiary/aromatic N) is 1. The van der Waals surface area contributed by atoms with E-state index >= 15 is 0 Å². The molecule has 6 nitrogen and oxygen atoms in total. The molecule has 2 aromatic heterocycles. The third-order valence-electron chi connectivity index (χ3n) is 5.49. The highest BCUT2D eigenvalue weighted by atomic mass is 32.1. The van der Waals surface area contributed by atoms with Crippen LogP contribution in [0.1, 0.15) is 58.4 Å². The molecule has 0 radical (unpaired) electrons. The van der Waals surface area contributed by atoms with Crippen molar-refractivity contribution in [1.82, 2.24) is 9.97 Å². The second-order valence-corrected chi connectivity index (χ2v) is 8.62. The van der Waals surface area contributed by atoms with E-state index in [4.69, 9.17) is 4.74 Å². The number of nitrogens with one attached hydrogen (secondary N) is 1. The maximum Gasteiger partial charge on any atom is 0.306 e. The maximum atomic E-state index is 12.5. The van der Waals surface area contributed by atoms with E-state index in [1.165, 1.54) is 4.88 Å². The molecule has 1 aromatic carbocycles. The molecule has 0 fully saturated rings. The van der Waals surface area contributed by atoms with E-state index in [0.29, 0.717) is 16.8 Å². The van der Waals surface area contributed by atoms with Gasteiger partial charge in [-0.2, -0.15) is 0 Å². The third-order valence-corrected chi connectivity index (χ3v) is 6.67. The Balaban J connectivity index is 1.35. The van der Waals surface area contributed by atoms with E-state index < -0.39 is 5.97 Å². The number of hydrogen-bond acceptors (Lipinski definition) is 6. The molecular weight excluding hydrogens is 400 g/mol. The number of aryl methyl sites for hydroxylation is 4. The van der Waals surface area contributed by atoms with Crippen molar-refractivity contribution in [3.63, 3.8) is 0 Å². The Morgan fingerprint density at radius 1 is 1.17 bits per heavy atom. The number of hydrogen-bond donors (Lipinski definition) is 1. The van der Waals surface area contributed by atoms with E-state index in [1.54, 1.807) is 23.5 Å². The molecule has 0 atom stereocenters. The Kier molecular flexibility index (Phi) is 6.08. The van der Waals surface area contributed by atoms with Crippen LogP contribution >= 0.6 is 11.3 Å². The first-order valence-electron chi connectivity index (χ1n) is 10.4. The van der Waals surface area contributed by atoms with Gasteiger partial charge in [-0.25, -0.2) is 4.98 Å². The minimum absolute atomic E-state index is 0.0571. The van der Waals surface area contributed by atoms with Crippen LogP contribution in [0.15, 0.2) is 29.1 Å². The molecule has 0 saturated carbocycles. The van der Waals surface area contributed by atoms with Crippen molar-refractivity contribution in [1.29, 1.82) is 0 Å². The Morgan fingerprint density at radius 2 is 1.93 bits per heavy atom. The second-order valence-electron chi connectivity index (χ2n) is 7.54. The largest absolute Gasteiger partial charge is 0.457 e. The fourth-order valence-corrected chi connectivity index (χ4v) is 5.06. The summed E-state index contributed by atoms with van der Waals surface area (Å²) >= 11 is 1.58. The minimum Gasteiger partial charge on any atom is -0.457 e. The van der Waals surface area contributed by atoms with Crippen LogP contribution in [0.5, 0.6) is 0 Å². The molecule has 4 rings (SSSR count). The molecule has 1 aliphatic carbocycles. The molecule has 0 aliphatic heterocycles. The van der Waals surface area contributed by atoms with Crippen LogP contribution in [0.25, 0.3) is 10.2 Å². The molecule has 2 heterocycles. The minimum atomic E-state index is -0.484. The Bertz CT molecular complexity index is 1140. The molecule has 3 aromatic rings. The third kappa shape index (κ3) is 4.36. The number of carbonyl (C=O) groups excluding carboxylic acids is 2. The van der Waals surface area contributed by atoms with Crippen LogP contribution in [0.4, 0.5) is 0 Å². The van der Waals surface area contributed by atoms with Gasteiger partial charge in [0.1, 0.15) is 10.7 Å². The molecule has 30 heavy (non-hydrogen) atoms. The molecule has 0 saturated heterocycles. The van der Waals surface area contributed by atoms with Gasteiger partial charge in [0.05, 0.1) is 11.8 Å². The average molecular weight is 425 g/mol. The zero-order valence-corrected chi connectivity index (χ0v) is 17.8. The van der Waals surface area contributed by atoms with E-state index in [-0.39, 0.29) is 30.8 Å². The first-order valence-corrected chi connectivity index (χ1v) is 11.2. The molecule has 1 aliphatic rings. The summed E-state index contributed by atoms with van der Waals surface area (Å²) in [6, 6.07) is 7.30. The quantitative estimate of drug-likeness (QED) is 0.460. The Morgan fingerprint density at radius 3 is 2.70 bits per heavy atom. The first kappa shape index (κ1) is 20.5. The normalized spacial score (nSPS) is 13.2. The number of thiophene rings is 1.